The molecule has 1 aromatic heterocycles. The summed E-state index contributed by atoms with van der Waals surface area (Å²) < 4.78 is 12.2. The Labute approximate surface area is 211 Å². The number of amides is 2. The zero-order valence-electron chi connectivity index (χ0n) is 20.6. The maximum absolute atomic E-state index is 13.4. The van der Waals surface area contributed by atoms with Crippen LogP contribution in [0.15, 0.2) is 79.1 Å². The Morgan fingerprint density at radius 3 is 1.53 bits per heavy atom. The van der Waals surface area contributed by atoms with Crippen LogP contribution in [0, 0.1) is 0 Å². The molecule has 7 nitrogen and oxygen atoms in total. The topological polar surface area (TPSA) is 72.0 Å². The summed E-state index contributed by atoms with van der Waals surface area (Å²) in [5.41, 5.74) is 2.89. The third kappa shape index (κ3) is 5.32. The zero-order chi connectivity index (χ0) is 25.1. The first-order valence-electron chi connectivity index (χ1n) is 12.4. The van der Waals surface area contributed by atoms with Crippen molar-refractivity contribution in [1.82, 2.24) is 14.8 Å². The minimum atomic E-state index is -0.193. The van der Waals surface area contributed by atoms with Crippen LogP contribution >= 0.6 is 0 Å². The van der Waals surface area contributed by atoms with Crippen molar-refractivity contribution in [2.24, 2.45) is 0 Å². The van der Waals surface area contributed by atoms with Crippen LogP contribution in [0.25, 0.3) is 0 Å². The van der Waals surface area contributed by atoms with Gasteiger partial charge >= 0.3 is 0 Å². The second-order valence-corrected chi connectivity index (χ2v) is 9.57. The predicted octanol–water partition coefficient (Wildman–Crippen LogP) is 4.29. The van der Waals surface area contributed by atoms with Crippen LogP contribution in [-0.2, 0) is 9.47 Å². The van der Waals surface area contributed by atoms with E-state index in [0.29, 0.717) is 37.3 Å². The van der Waals surface area contributed by atoms with E-state index in [9.17, 15) is 9.59 Å². The lowest BCUT2D eigenvalue weighted by molar-refractivity contribution is -0.0693. The van der Waals surface area contributed by atoms with Gasteiger partial charge in [0.05, 0.1) is 36.4 Å². The van der Waals surface area contributed by atoms with Gasteiger partial charge in [-0.3, -0.25) is 14.6 Å². The van der Waals surface area contributed by atoms with Gasteiger partial charge in [0.15, 0.2) is 0 Å². The summed E-state index contributed by atoms with van der Waals surface area (Å²) in [5.74, 6) is -0.295. The van der Waals surface area contributed by atoms with E-state index in [1.54, 1.807) is 15.9 Å². The molecule has 2 amide bonds. The standard InChI is InChI=1S/C29H31N3O4/c1-20-16-31(18-26(35-20)22-9-5-3-6-10-22)28(33)24-13-25(15-30-14-24)29(34)32-17-21(2)36-27(19-32)23-11-7-4-8-12-23/h3-15,20-21,26-27H,16-19H2,1-2H3/t20-,21-,26-,27-/m1/s1. The van der Waals surface area contributed by atoms with Crippen molar-refractivity contribution in [2.45, 2.75) is 38.3 Å². The number of pyridine rings is 1. The van der Waals surface area contributed by atoms with Crippen molar-refractivity contribution in [3.8, 4) is 0 Å². The second kappa shape index (κ2) is 10.6. The number of carbonyl (C=O) groups is 2. The van der Waals surface area contributed by atoms with Gasteiger partial charge in [-0.05, 0) is 31.0 Å². The molecule has 0 unspecified atom stereocenters. The molecule has 2 aromatic carbocycles. The molecule has 0 aliphatic carbocycles. The Hall–Kier alpha value is -3.55. The summed E-state index contributed by atoms with van der Waals surface area (Å²) in [6.45, 7) is 5.81. The summed E-state index contributed by atoms with van der Waals surface area (Å²) in [6, 6.07) is 21.5. The van der Waals surface area contributed by atoms with Crippen LogP contribution in [0.2, 0.25) is 0 Å². The minimum Gasteiger partial charge on any atom is -0.367 e. The summed E-state index contributed by atoms with van der Waals surface area (Å²) in [4.78, 5) is 34.7. The lowest BCUT2D eigenvalue weighted by Crippen LogP contribution is -2.46. The highest BCUT2D eigenvalue weighted by molar-refractivity contribution is 5.99. The van der Waals surface area contributed by atoms with Gasteiger partial charge in [0.1, 0.15) is 12.2 Å². The van der Waals surface area contributed by atoms with Crippen molar-refractivity contribution in [3.63, 3.8) is 0 Å². The SMILES string of the molecule is C[C@@H]1CN(C(=O)c2cncc(C(=O)N3C[C@@H](C)O[C@@H](c4ccccc4)C3)c2)C[C@H](c2ccccc2)O1. The molecule has 186 valence electrons. The largest absolute Gasteiger partial charge is 0.367 e. The third-order valence-corrected chi connectivity index (χ3v) is 6.67. The highest BCUT2D eigenvalue weighted by atomic mass is 16.5. The molecule has 2 fully saturated rings. The maximum atomic E-state index is 13.4. The molecule has 4 atom stereocenters. The van der Waals surface area contributed by atoms with Crippen molar-refractivity contribution in [1.29, 1.82) is 0 Å². The maximum Gasteiger partial charge on any atom is 0.255 e. The van der Waals surface area contributed by atoms with Gasteiger partial charge in [-0.1, -0.05) is 60.7 Å². The summed E-state index contributed by atoms with van der Waals surface area (Å²) >= 11 is 0. The fraction of sp³-hybridized carbons (Fsp3) is 0.345. The van der Waals surface area contributed by atoms with Crippen LogP contribution in [0.4, 0.5) is 0 Å². The Kier molecular flexibility index (Phi) is 7.11. The second-order valence-electron chi connectivity index (χ2n) is 9.57. The molecule has 36 heavy (non-hydrogen) atoms. The summed E-state index contributed by atoms with van der Waals surface area (Å²) in [5, 5.41) is 0. The third-order valence-electron chi connectivity index (χ3n) is 6.67. The predicted molar refractivity (Wildman–Crippen MR) is 136 cm³/mol. The molecule has 7 heteroatoms. The molecule has 2 aliphatic heterocycles. The van der Waals surface area contributed by atoms with E-state index < -0.39 is 0 Å². The van der Waals surface area contributed by atoms with E-state index in [4.69, 9.17) is 9.47 Å². The van der Waals surface area contributed by atoms with Crippen LogP contribution in [0.3, 0.4) is 0 Å². The van der Waals surface area contributed by atoms with Gasteiger partial charge in [-0.25, -0.2) is 0 Å². The quantitative estimate of drug-likeness (QED) is 0.552. The molecule has 2 saturated heterocycles. The molecule has 0 spiro atoms. The molecule has 3 heterocycles. The molecule has 0 N–H and O–H groups in total. The van der Waals surface area contributed by atoms with Gasteiger partial charge in [-0.15, -0.1) is 0 Å². The average Bonchev–Trinajstić information content (AvgIpc) is 2.92. The van der Waals surface area contributed by atoms with Gasteiger partial charge in [0, 0.05) is 25.5 Å². The summed E-state index contributed by atoms with van der Waals surface area (Å²) in [6.07, 6.45) is 2.48. The van der Waals surface area contributed by atoms with E-state index >= 15 is 0 Å². The highest BCUT2D eigenvalue weighted by Crippen LogP contribution is 2.28. The van der Waals surface area contributed by atoms with Crippen LogP contribution in [0.5, 0.6) is 0 Å². The molecule has 2 aliphatic rings. The Morgan fingerprint density at radius 2 is 1.11 bits per heavy atom. The Balaban J connectivity index is 1.32. The van der Waals surface area contributed by atoms with Gasteiger partial charge in [0.25, 0.3) is 11.8 Å². The average molecular weight is 486 g/mol. The van der Waals surface area contributed by atoms with Crippen molar-refractivity contribution in [2.75, 3.05) is 26.2 Å². The normalized spacial score (nSPS) is 24.4. The monoisotopic (exact) mass is 485 g/mol. The number of benzene rings is 2. The van der Waals surface area contributed by atoms with Gasteiger partial charge in [-0.2, -0.15) is 0 Å². The first kappa shape index (κ1) is 24.2. The lowest BCUT2D eigenvalue weighted by atomic mass is 10.0. The first-order chi connectivity index (χ1) is 17.5. The number of hydrogen-bond acceptors (Lipinski definition) is 5. The Morgan fingerprint density at radius 1 is 0.694 bits per heavy atom. The van der Waals surface area contributed by atoms with E-state index in [2.05, 4.69) is 4.98 Å². The van der Waals surface area contributed by atoms with E-state index in [1.807, 2.05) is 74.5 Å². The molecular weight excluding hydrogens is 454 g/mol. The zero-order valence-corrected chi connectivity index (χ0v) is 20.6. The van der Waals surface area contributed by atoms with Gasteiger partial charge < -0.3 is 19.3 Å². The number of rotatable bonds is 4. The van der Waals surface area contributed by atoms with Gasteiger partial charge in [0.2, 0.25) is 0 Å². The van der Waals surface area contributed by atoms with E-state index in [0.717, 1.165) is 11.1 Å². The smallest absolute Gasteiger partial charge is 0.255 e. The molecule has 3 aromatic rings. The molecule has 0 saturated carbocycles. The van der Waals surface area contributed by atoms with Crippen molar-refractivity contribution < 1.29 is 19.1 Å². The molecule has 5 rings (SSSR count). The number of carbonyl (C=O) groups excluding carboxylic acids is 2. The fourth-order valence-corrected chi connectivity index (χ4v) is 4.98. The highest BCUT2D eigenvalue weighted by Gasteiger charge is 2.32. The van der Waals surface area contributed by atoms with Crippen molar-refractivity contribution in [3.05, 3.63) is 101 Å². The lowest BCUT2D eigenvalue weighted by Gasteiger charge is -2.37. The van der Waals surface area contributed by atoms with E-state index in [1.165, 1.54) is 12.4 Å². The summed E-state index contributed by atoms with van der Waals surface area (Å²) in [7, 11) is 0. The first-order valence-corrected chi connectivity index (χ1v) is 12.4. The number of nitrogens with zero attached hydrogens (tertiary/aromatic N) is 3. The van der Waals surface area contributed by atoms with Crippen LogP contribution in [-0.4, -0.2) is 65.0 Å². The van der Waals surface area contributed by atoms with Crippen LogP contribution < -0.4 is 0 Å². The van der Waals surface area contributed by atoms with E-state index in [-0.39, 0.29) is 36.2 Å². The number of morpholine rings is 2. The number of ether oxygens (including phenoxy) is 2. The molecular formula is C29H31N3O4. The number of hydrogen-bond donors (Lipinski definition) is 0. The van der Waals surface area contributed by atoms with Crippen molar-refractivity contribution >= 4 is 11.8 Å². The Bertz CT molecular complexity index is 1110. The number of aromatic nitrogens is 1. The molecule has 0 radical (unpaired) electrons. The minimum absolute atomic E-state index is 0.101. The fourth-order valence-electron chi connectivity index (χ4n) is 4.98. The molecule has 0 bridgehead atoms. The van der Waals surface area contributed by atoms with Crippen LogP contribution in [0.1, 0.15) is 57.9 Å².